The highest BCUT2D eigenvalue weighted by Crippen LogP contribution is 2.16. The molecule has 17 heavy (non-hydrogen) atoms. The third-order valence-corrected chi connectivity index (χ3v) is 2.68. The summed E-state index contributed by atoms with van der Waals surface area (Å²) in [6.45, 7) is 0. The summed E-state index contributed by atoms with van der Waals surface area (Å²) in [5.74, 6) is 0. The van der Waals surface area contributed by atoms with Crippen molar-refractivity contribution >= 4 is 0 Å². The van der Waals surface area contributed by atoms with E-state index in [0.29, 0.717) is 0 Å². The lowest BCUT2D eigenvalue weighted by atomic mass is 10.0. The number of aromatic nitrogens is 2. The summed E-state index contributed by atoms with van der Waals surface area (Å²) < 4.78 is 19.3. The lowest BCUT2D eigenvalue weighted by Crippen LogP contribution is -2.26. The molecular formula is C14H18N2O+2. The van der Waals surface area contributed by atoms with Crippen LogP contribution < -0.4 is 9.13 Å². The van der Waals surface area contributed by atoms with Gasteiger partial charge in [-0.1, -0.05) is 0 Å². The van der Waals surface area contributed by atoms with Crippen LogP contribution in [0.5, 0.6) is 0 Å². The van der Waals surface area contributed by atoms with Gasteiger partial charge in [-0.2, -0.15) is 0 Å². The monoisotopic (exact) mass is 232 g/mol. The Labute approximate surface area is 104 Å². The minimum absolute atomic E-state index is 0.589. The molecule has 88 valence electrons. The lowest BCUT2D eigenvalue weighted by molar-refractivity contribution is -0.671. The highest BCUT2D eigenvalue weighted by Gasteiger charge is 2.10. The molecule has 2 aromatic heterocycles. The Bertz CT molecular complexity index is 528. The molecular weight excluding hydrogens is 212 g/mol. The largest absolute Gasteiger partial charge is 0.388 e. The lowest BCUT2D eigenvalue weighted by Gasteiger charge is -2.09. The molecule has 2 heterocycles. The van der Waals surface area contributed by atoms with E-state index < -0.39 is 12.5 Å². The van der Waals surface area contributed by atoms with E-state index in [1.54, 1.807) is 0 Å². The Morgan fingerprint density at radius 2 is 1.65 bits per heavy atom. The van der Waals surface area contributed by atoms with Gasteiger partial charge in [-0.3, -0.25) is 0 Å². The maximum Gasteiger partial charge on any atom is 0.211 e. The van der Waals surface area contributed by atoms with Crippen molar-refractivity contribution in [2.24, 2.45) is 14.1 Å². The Hall–Kier alpha value is -1.74. The summed E-state index contributed by atoms with van der Waals surface area (Å²) in [6.07, 6.45) is 6.35. The van der Waals surface area contributed by atoms with Crippen molar-refractivity contribution < 1.29 is 15.6 Å². The molecule has 3 heteroatoms. The number of aryl methyl sites for hydroxylation is 2. The molecule has 0 amide bonds. The van der Waals surface area contributed by atoms with Crippen LogP contribution in [0.15, 0.2) is 49.1 Å². The zero-order chi connectivity index (χ0) is 13.8. The molecule has 0 aliphatic rings. The maximum absolute atomic E-state index is 8.27. The molecule has 0 fully saturated rings. The summed E-state index contributed by atoms with van der Waals surface area (Å²) in [4.78, 5) is 0. The molecule has 3 nitrogen and oxygen atoms in total. The molecule has 0 aromatic carbocycles. The number of hydrogen-bond acceptors (Lipinski definition) is 1. The number of aliphatic hydroxyl groups is 1. The number of rotatable bonds is 4. The van der Waals surface area contributed by atoms with Crippen molar-refractivity contribution in [2.45, 2.75) is 12.5 Å². The minimum atomic E-state index is -0.619. The van der Waals surface area contributed by atoms with E-state index in [4.69, 9.17) is 7.91 Å². The third-order valence-electron chi connectivity index (χ3n) is 2.68. The van der Waals surface area contributed by atoms with Gasteiger partial charge in [0, 0.05) is 32.0 Å². The zero-order valence-corrected chi connectivity index (χ0v) is 10.1. The number of aliphatic hydroxyl groups excluding tert-OH is 1. The van der Waals surface area contributed by atoms with E-state index >= 15 is 0 Å². The van der Waals surface area contributed by atoms with E-state index in [9.17, 15) is 0 Å². The standard InChI is InChI=1S/C14H18N2O/c1-15-7-3-12(4-8-15)11-14(17)13-5-9-16(2)10-6-13/h3-10,14,17H,11H2,1-2H3/q+2/t14-/m1/s1/i11D,17D/t11-,14-. The van der Waals surface area contributed by atoms with Crippen LogP contribution in [0.25, 0.3) is 0 Å². The molecule has 0 aliphatic heterocycles. The molecule has 0 saturated carbocycles. The quantitative estimate of drug-likeness (QED) is 0.769. The van der Waals surface area contributed by atoms with Gasteiger partial charge < -0.3 is 5.11 Å². The summed E-state index contributed by atoms with van der Waals surface area (Å²) >= 11 is 0. The first-order chi connectivity index (χ1) is 9.11. The first-order valence-corrected chi connectivity index (χ1v) is 5.56. The van der Waals surface area contributed by atoms with Gasteiger partial charge in [-0.15, -0.1) is 0 Å². The predicted octanol–water partition coefficient (Wildman–Crippen LogP) is 0.612. The van der Waals surface area contributed by atoms with Gasteiger partial charge in [0.2, 0.25) is 1.43 Å². The molecule has 2 aromatic rings. The highest BCUT2D eigenvalue weighted by atomic mass is 16.3. The van der Waals surface area contributed by atoms with Gasteiger partial charge in [0.1, 0.15) is 14.1 Å². The van der Waals surface area contributed by atoms with Gasteiger partial charge in [0.05, 0.1) is 6.10 Å². The molecule has 0 aliphatic carbocycles. The topological polar surface area (TPSA) is 28.0 Å². The smallest absolute Gasteiger partial charge is 0.211 e. The van der Waals surface area contributed by atoms with Crippen molar-refractivity contribution in [3.63, 3.8) is 0 Å². The van der Waals surface area contributed by atoms with Crippen LogP contribution in [-0.2, 0) is 20.5 Å². The molecule has 2 rings (SSSR count). The molecule has 0 bridgehead atoms. The van der Waals surface area contributed by atoms with Crippen LogP contribution in [0.3, 0.4) is 0 Å². The minimum Gasteiger partial charge on any atom is -0.388 e. The Balaban J connectivity index is 2.26. The SMILES string of the molecule is [2H]O[C@@H](c1cc[n+](C)cc1)[C@H]([2H])c1cc[n+](C)cc1. The number of nitrogens with zero attached hydrogens (tertiary/aromatic N) is 2. The van der Waals surface area contributed by atoms with Gasteiger partial charge in [-0.25, -0.2) is 9.13 Å². The molecule has 0 unspecified atom stereocenters. The predicted molar refractivity (Wildman–Crippen MR) is 63.9 cm³/mol. The van der Waals surface area contributed by atoms with E-state index in [0.717, 1.165) is 11.1 Å². The van der Waals surface area contributed by atoms with Crippen molar-refractivity contribution in [1.29, 1.82) is 1.43 Å². The van der Waals surface area contributed by atoms with E-state index in [2.05, 4.69) is 0 Å². The van der Waals surface area contributed by atoms with E-state index in [1.165, 1.54) is 0 Å². The van der Waals surface area contributed by atoms with Gasteiger partial charge in [-0.05, 0) is 11.1 Å². The van der Waals surface area contributed by atoms with Crippen LogP contribution in [0.1, 0.15) is 18.6 Å². The Morgan fingerprint density at radius 3 is 2.18 bits per heavy atom. The second kappa shape index (κ2) is 5.06. The van der Waals surface area contributed by atoms with Crippen LogP contribution in [-0.4, -0.2) is 6.54 Å². The van der Waals surface area contributed by atoms with Crippen molar-refractivity contribution in [2.75, 3.05) is 0 Å². The van der Waals surface area contributed by atoms with Crippen LogP contribution in [0, 0.1) is 0 Å². The Kier molecular flexibility index (Phi) is 2.77. The highest BCUT2D eigenvalue weighted by molar-refractivity contribution is 5.16. The summed E-state index contributed by atoms with van der Waals surface area (Å²) in [7, 11) is 3.86. The second-order valence-corrected chi connectivity index (χ2v) is 4.18. The fraction of sp³-hybridized carbons (Fsp3) is 0.286. The normalized spacial score (nSPS) is 15.9. The van der Waals surface area contributed by atoms with Crippen molar-refractivity contribution in [1.82, 2.24) is 0 Å². The summed E-state index contributed by atoms with van der Waals surface area (Å²) in [6, 6.07) is 7.52. The number of pyridine rings is 2. The fourth-order valence-electron chi connectivity index (χ4n) is 1.60. The fourth-order valence-corrected chi connectivity index (χ4v) is 1.60. The first-order valence-electron chi connectivity index (χ1n) is 6.55. The van der Waals surface area contributed by atoms with E-state index in [-0.39, 0.29) is 0 Å². The van der Waals surface area contributed by atoms with Gasteiger partial charge >= 0.3 is 0 Å². The molecule has 0 spiro atoms. The van der Waals surface area contributed by atoms with Crippen molar-refractivity contribution in [3.05, 3.63) is 60.2 Å². The van der Waals surface area contributed by atoms with Crippen LogP contribution >= 0.6 is 0 Å². The summed E-state index contributed by atoms with van der Waals surface area (Å²) in [5, 5.41) is 4.77. The third kappa shape index (κ3) is 3.11. The summed E-state index contributed by atoms with van der Waals surface area (Å²) in [5.41, 5.74) is 1.67. The van der Waals surface area contributed by atoms with Crippen LogP contribution in [0.4, 0.5) is 0 Å². The van der Waals surface area contributed by atoms with Crippen LogP contribution in [0.2, 0.25) is 0 Å². The van der Waals surface area contributed by atoms with Crippen molar-refractivity contribution in [3.8, 4) is 0 Å². The zero-order valence-electron chi connectivity index (χ0n) is 12.1. The second-order valence-electron chi connectivity index (χ2n) is 4.18. The number of hydrogen-bond donors (Lipinski definition) is 1. The average Bonchev–Trinajstić information content (AvgIpc) is 2.42. The van der Waals surface area contributed by atoms with E-state index in [1.807, 2.05) is 72.3 Å². The molecule has 0 saturated heterocycles. The maximum atomic E-state index is 8.27. The average molecular weight is 232 g/mol. The molecule has 2 atom stereocenters. The van der Waals surface area contributed by atoms with Gasteiger partial charge in [0.15, 0.2) is 24.8 Å². The molecule has 1 N–H and O–H groups in total. The first kappa shape index (κ1) is 9.31. The molecule has 0 radical (unpaired) electrons. The van der Waals surface area contributed by atoms with Gasteiger partial charge in [0.25, 0.3) is 0 Å². The Morgan fingerprint density at radius 1 is 1.12 bits per heavy atom.